The topological polar surface area (TPSA) is 49.1 Å². The van der Waals surface area contributed by atoms with Crippen LogP contribution in [0.4, 0.5) is 4.39 Å². The van der Waals surface area contributed by atoms with Gasteiger partial charge in [-0.15, -0.1) is 0 Å². The first-order valence-electron chi connectivity index (χ1n) is 5.22. The Morgan fingerprint density at radius 1 is 1.35 bits per heavy atom. The van der Waals surface area contributed by atoms with E-state index in [2.05, 4.69) is 5.10 Å². The Bertz CT molecular complexity index is 517. The standard InChI is InChI=1S/C12H11FN2O2/c1-2-9-8-15(16)14-12(11(9)13)17-10-6-4-3-5-7-10/h3-8H,2H2,1H3. The third kappa shape index (κ3) is 2.50. The van der Waals surface area contributed by atoms with Crippen molar-refractivity contribution < 1.29 is 14.0 Å². The normalized spacial score (nSPS) is 10.2. The van der Waals surface area contributed by atoms with E-state index in [0.29, 0.717) is 17.0 Å². The summed E-state index contributed by atoms with van der Waals surface area (Å²) in [5.74, 6) is -0.457. The molecule has 0 fully saturated rings. The van der Waals surface area contributed by atoms with E-state index in [-0.39, 0.29) is 11.4 Å². The fourth-order valence-electron chi connectivity index (χ4n) is 1.40. The Kier molecular flexibility index (Phi) is 3.18. The molecular formula is C12H11FN2O2. The highest BCUT2D eigenvalue weighted by atomic mass is 19.1. The molecule has 0 saturated heterocycles. The van der Waals surface area contributed by atoms with Gasteiger partial charge >= 0.3 is 5.88 Å². The third-order valence-corrected chi connectivity index (χ3v) is 2.26. The molecule has 2 aromatic rings. The minimum absolute atomic E-state index is 0.279. The van der Waals surface area contributed by atoms with Crippen LogP contribution in [0, 0.1) is 11.0 Å². The molecule has 0 saturated carbocycles. The van der Waals surface area contributed by atoms with Crippen LogP contribution in [0.5, 0.6) is 11.6 Å². The second kappa shape index (κ2) is 4.78. The summed E-state index contributed by atoms with van der Waals surface area (Å²) in [6.07, 6.45) is 1.51. The van der Waals surface area contributed by atoms with Crippen molar-refractivity contribution in [3.63, 3.8) is 0 Å². The van der Waals surface area contributed by atoms with Crippen LogP contribution >= 0.6 is 0 Å². The summed E-state index contributed by atoms with van der Waals surface area (Å²) < 4.78 is 19.0. The number of rotatable bonds is 3. The molecule has 0 unspecified atom stereocenters. The van der Waals surface area contributed by atoms with Crippen LogP contribution in [0.3, 0.4) is 0 Å². The molecule has 0 spiro atoms. The third-order valence-electron chi connectivity index (χ3n) is 2.26. The SMILES string of the molecule is CCc1c[n+]([O-])nc(Oc2ccccc2)c1F. The maximum Gasteiger partial charge on any atom is 0.322 e. The number of benzene rings is 1. The van der Waals surface area contributed by atoms with Crippen molar-refractivity contribution in [2.45, 2.75) is 13.3 Å². The van der Waals surface area contributed by atoms with Gasteiger partial charge in [-0.3, -0.25) is 0 Å². The van der Waals surface area contributed by atoms with Crippen LogP contribution in [0.2, 0.25) is 0 Å². The molecule has 2 rings (SSSR count). The molecule has 0 bridgehead atoms. The molecule has 0 radical (unpaired) electrons. The van der Waals surface area contributed by atoms with Gasteiger partial charge in [-0.25, -0.2) is 4.39 Å². The molecule has 0 amide bonds. The number of aryl methyl sites for hydroxylation is 1. The lowest BCUT2D eigenvalue weighted by molar-refractivity contribution is -0.670. The van der Waals surface area contributed by atoms with E-state index in [4.69, 9.17) is 4.74 Å². The van der Waals surface area contributed by atoms with Crippen molar-refractivity contribution in [3.05, 3.63) is 53.1 Å². The fraction of sp³-hybridized carbons (Fsp3) is 0.167. The first-order valence-corrected chi connectivity index (χ1v) is 5.22. The van der Waals surface area contributed by atoms with Crippen molar-refractivity contribution in [2.75, 3.05) is 0 Å². The van der Waals surface area contributed by atoms with Gasteiger partial charge in [0.2, 0.25) is 12.0 Å². The molecule has 0 atom stereocenters. The average Bonchev–Trinajstić information content (AvgIpc) is 2.34. The van der Waals surface area contributed by atoms with E-state index < -0.39 is 5.82 Å². The van der Waals surface area contributed by atoms with E-state index in [0.717, 1.165) is 6.20 Å². The second-order valence-corrected chi connectivity index (χ2v) is 3.44. The number of hydrogen-bond donors (Lipinski definition) is 0. The Labute approximate surface area is 97.9 Å². The molecule has 88 valence electrons. The van der Waals surface area contributed by atoms with Gasteiger partial charge in [0.15, 0.2) is 0 Å². The summed E-state index contributed by atoms with van der Waals surface area (Å²) in [6.45, 7) is 1.75. The van der Waals surface area contributed by atoms with Crippen molar-refractivity contribution >= 4 is 0 Å². The number of ether oxygens (including phenoxy) is 1. The predicted octanol–water partition coefficient (Wildman–Crippen LogP) is 2.21. The highest BCUT2D eigenvalue weighted by molar-refractivity contribution is 5.28. The number of para-hydroxylation sites is 1. The maximum atomic E-state index is 13.8. The van der Waals surface area contributed by atoms with Gasteiger partial charge in [-0.2, -0.15) is 0 Å². The number of nitrogens with zero attached hydrogens (tertiary/aromatic N) is 2. The van der Waals surface area contributed by atoms with E-state index >= 15 is 0 Å². The van der Waals surface area contributed by atoms with E-state index in [1.165, 1.54) is 0 Å². The molecule has 0 N–H and O–H groups in total. The van der Waals surface area contributed by atoms with Gasteiger partial charge in [0.05, 0.1) is 10.7 Å². The van der Waals surface area contributed by atoms with Crippen molar-refractivity contribution in [3.8, 4) is 11.6 Å². The van der Waals surface area contributed by atoms with Crippen LogP contribution < -0.4 is 9.58 Å². The smallest absolute Gasteiger partial charge is 0.322 e. The highest BCUT2D eigenvalue weighted by Gasteiger charge is 2.16. The second-order valence-electron chi connectivity index (χ2n) is 3.44. The number of halogens is 1. The zero-order valence-corrected chi connectivity index (χ0v) is 9.26. The Morgan fingerprint density at radius 2 is 2.06 bits per heavy atom. The Hall–Kier alpha value is -2.17. The molecule has 0 aliphatic rings. The molecule has 4 nitrogen and oxygen atoms in total. The fourth-order valence-corrected chi connectivity index (χ4v) is 1.40. The molecule has 5 heteroatoms. The Morgan fingerprint density at radius 3 is 2.71 bits per heavy atom. The monoisotopic (exact) mass is 234 g/mol. The zero-order chi connectivity index (χ0) is 12.3. The molecule has 17 heavy (non-hydrogen) atoms. The summed E-state index contributed by atoms with van der Waals surface area (Å²) in [5.41, 5.74) is 0.279. The van der Waals surface area contributed by atoms with Gasteiger partial charge < -0.3 is 9.94 Å². The summed E-state index contributed by atoms with van der Waals surface area (Å²) >= 11 is 0. The maximum absolute atomic E-state index is 13.8. The van der Waals surface area contributed by atoms with Crippen LogP contribution in [0.25, 0.3) is 0 Å². The van der Waals surface area contributed by atoms with Crippen LogP contribution in [-0.2, 0) is 6.42 Å². The van der Waals surface area contributed by atoms with Gasteiger partial charge in [-0.1, -0.05) is 30.0 Å². The number of aromatic nitrogens is 2. The molecule has 0 aliphatic carbocycles. The summed E-state index contributed by atoms with van der Waals surface area (Å²) in [5, 5.41) is 14.6. The van der Waals surface area contributed by atoms with Crippen molar-refractivity contribution in [1.29, 1.82) is 0 Å². The molecular weight excluding hydrogens is 223 g/mol. The van der Waals surface area contributed by atoms with Gasteiger partial charge in [-0.05, 0) is 18.6 Å². The molecule has 1 aromatic carbocycles. The largest absolute Gasteiger partial charge is 0.594 e. The van der Waals surface area contributed by atoms with E-state index in [1.807, 2.05) is 6.07 Å². The lowest BCUT2D eigenvalue weighted by Crippen LogP contribution is -2.32. The average molecular weight is 234 g/mol. The summed E-state index contributed by atoms with van der Waals surface area (Å²) in [6, 6.07) is 8.64. The minimum atomic E-state index is -0.594. The van der Waals surface area contributed by atoms with E-state index in [9.17, 15) is 9.60 Å². The van der Waals surface area contributed by atoms with Gasteiger partial charge in [0.25, 0.3) is 0 Å². The molecule has 0 aliphatic heterocycles. The Balaban J connectivity index is 2.36. The first kappa shape index (κ1) is 11.3. The lowest BCUT2D eigenvalue weighted by atomic mass is 10.2. The van der Waals surface area contributed by atoms with Crippen LogP contribution in [-0.4, -0.2) is 5.10 Å². The van der Waals surface area contributed by atoms with Crippen LogP contribution in [0.1, 0.15) is 12.5 Å². The molecule has 1 heterocycles. The number of hydrogen-bond acceptors (Lipinski definition) is 3. The molecule has 1 aromatic heterocycles. The van der Waals surface area contributed by atoms with E-state index in [1.54, 1.807) is 31.2 Å². The van der Waals surface area contributed by atoms with Crippen molar-refractivity contribution in [2.24, 2.45) is 0 Å². The van der Waals surface area contributed by atoms with Gasteiger partial charge in [0, 0.05) is 0 Å². The lowest BCUT2D eigenvalue weighted by Gasteiger charge is -2.06. The minimum Gasteiger partial charge on any atom is -0.594 e. The summed E-state index contributed by atoms with van der Waals surface area (Å²) in [7, 11) is 0. The summed E-state index contributed by atoms with van der Waals surface area (Å²) in [4.78, 5) is 0.306. The van der Waals surface area contributed by atoms with Gasteiger partial charge in [0.1, 0.15) is 5.75 Å². The quantitative estimate of drug-likeness (QED) is 0.604. The predicted molar refractivity (Wildman–Crippen MR) is 59.0 cm³/mol. The van der Waals surface area contributed by atoms with Crippen molar-refractivity contribution in [1.82, 2.24) is 5.10 Å². The zero-order valence-electron chi connectivity index (χ0n) is 9.26. The van der Waals surface area contributed by atoms with Crippen LogP contribution in [0.15, 0.2) is 36.5 Å². The first-order chi connectivity index (χ1) is 8.20. The highest BCUT2D eigenvalue weighted by Crippen LogP contribution is 2.22.